The van der Waals surface area contributed by atoms with E-state index >= 15 is 0 Å². The number of anilines is 1. The maximum Gasteiger partial charge on any atom is 0.408 e. The van der Waals surface area contributed by atoms with Crippen LogP contribution in [0.15, 0.2) is 24.5 Å². The standard InChI is InChI=1S/C11H22N2O2.C10H13N3/c1-11(2,3)13(10(14)15)9-7-5-4-6-8(9)12;1-7(2)13-6-12-10-8(11)4-3-5-9(10)13/h8-9H,4-7,12H2,1-3H3,(H,14,15);3-7H,11H2,1-2H3/t8-,9+;/m1./s1. The Morgan fingerprint density at radius 2 is 1.93 bits per heavy atom. The topological polar surface area (TPSA) is 110 Å². The van der Waals surface area contributed by atoms with E-state index in [9.17, 15) is 9.90 Å². The van der Waals surface area contributed by atoms with Gasteiger partial charge >= 0.3 is 6.09 Å². The Balaban J connectivity index is 0.000000202. The van der Waals surface area contributed by atoms with Gasteiger partial charge in [-0.25, -0.2) is 9.78 Å². The molecule has 156 valence electrons. The molecule has 1 fully saturated rings. The molecule has 2 atom stereocenters. The van der Waals surface area contributed by atoms with Crippen LogP contribution in [-0.4, -0.2) is 43.3 Å². The van der Waals surface area contributed by atoms with Crippen molar-refractivity contribution >= 4 is 22.8 Å². The number of carbonyl (C=O) groups is 1. The molecule has 3 rings (SSSR count). The molecule has 0 radical (unpaired) electrons. The van der Waals surface area contributed by atoms with Crippen molar-refractivity contribution in [1.82, 2.24) is 14.5 Å². The number of carboxylic acid groups (broad SMARTS) is 1. The average molecular weight is 390 g/mol. The minimum Gasteiger partial charge on any atom is -0.465 e. The lowest BCUT2D eigenvalue weighted by atomic mass is 9.87. The number of nitrogen functional groups attached to an aromatic ring is 1. The van der Waals surface area contributed by atoms with E-state index in [1.54, 1.807) is 0 Å². The summed E-state index contributed by atoms with van der Waals surface area (Å²) in [5.41, 5.74) is 14.2. The molecule has 1 amide bonds. The molecule has 0 bridgehead atoms. The Labute approximate surface area is 167 Å². The third-order valence-corrected chi connectivity index (χ3v) is 5.23. The van der Waals surface area contributed by atoms with Crippen LogP contribution in [0.25, 0.3) is 11.0 Å². The molecule has 0 saturated heterocycles. The Bertz CT molecular complexity index is 794. The van der Waals surface area contributed by atoms with Gasteiger partial charge in [-0.1, -0.05) is 18.9 Å². The first-order valence-corrected chi connectivity index (χ1v) is 10.0. The second-order valence-electron chi connectivity index (χ2n) is 8.80. The minimum atomic E-state index is -0.857. The summed E-state index contributed by atoms with van der Waals surface area (Å²) in [5.74, 6) is 0. The molecule has 1 aromatic heterocycles. The van der Waals surface area contributed by atoms with E-state index in [1.807, 2.05) is 45.3 Å². The van der Waals surface area contributed by atoms with Crippen LogP contribution in [0.1, 0.15) is 66.3 Å². The maximum absolute atomic E-state index is 11.3. The number of hydrogen-bond donors (Lipinski definition) is 3. The summed E-state index contributed by atoms with van der Waals surface area (Å²) in [4.78, 5) is 17.1. The van der Waals surface area contributed by atoms with Crippen LogP contribution in [-0.2, 0) is 0 Å². The quantitative estimate of drug-likeness (QED) is 0.666. The first-order valence-electron chi connectivity index (χ1n) is 10.0. The third kappa shape index (κ3) is 4.95. The number of benzene rings is 1. The number of hydrogen-bond acceptors (Lipinski definition) is 4. The van der Waals surface area contributed by atoms with Gasteiger partial charge in [0.25, 0.3) is 0 Å². The van der Waals surface area contributed by atoms with Crippen molar-refractivity contribution < 1.29 is 9.90 Å². The van der Waals surface area contributed by atoms with Gasteiger partial charge in [-0.15, -0.1) is 0 Å². The van der Waals surface area contributed by atoms with Crippen LogP contribution in [0.3, 0.4) is 0 Å². The average Bonchev–Trinajstić information content (AvgIpc) is 3.02. The Kier molecular flexibility index (Phi) is 6.93. The number of fused-ring (bicyclic) bond motifs is 1. The predicted octanol–water partition coefficient (Wildman–Crippen LogP) is 4.23. The number of nitrogens with zero attached hydrogens (tertiary/aromatic N) is 3. The molecular weight excluding hydrogens is 354 g/mol. The van der Waals surface area contributed by atoms with Gasteiger partial charge in [-0.05, 0) is 59.6 Å². The SMILES string of the molecule is CC(C)(C)N(C(=O)O)[C@H]1CCCC[C@H]1N.CC(C)n1cnc2c(N)cccc21. The fraction of sp³-hybridized carbons (Fsp3) is 0.619. The maximum atomic E-state index is 11.3. The highest BCUT2D eigenvalue weighted by atomic mass is 16.4. The van der Waals surface area contributed by atoms with Gasteiger partial charge in [0.05, 0.1) is 23.6 Å². The van der Waals surface area contributed by atoms with Gasteiger partial charge in [0, 0.05) is 17.6 Å². The van der Waals surface area contributed by atoms with E-state index in [1.165, 1.54) is 4.90 Å². The summed E-state index contributed by atoms with van der Waals surface area (Å²) >= 11 is 0. The lowest BCUT2D eigenvalue weighted by Crippen LogP contribution is -2.58. The summed E-state index contributed by atoms with van der Waals surface area (Å²) < 4.78 is 2.12. The van der Waals surface area contributed by atoms with Gasteiger partial charge < -0.3 is 21.1 Å². The fourth-order valence-electron chi connectivity index (χ4n) is 3.88. The normalized spacial score (nSPS) is 20.0. The zero-order chi connectivity index (χ0) is 21.1. The Hall–Kier alpha value is -2.28. The predicted molar refractivity (Wildman–Crippen MR) is 114 cm³/mol. The molecule has 1 saturated carbocycles. The third-order valence-electron chi connectivity index (χ3n) is 5.23. The van der Waals surface area contributed by atoms with Crippen LogP contribution >= 0.6 is 0 Å². The number of nitrogens with two attached hydrogens (primary N) is 2. The van der Waals surface area contributed by atoms with Gasteiger partial charge in [-0.3, -0.25) is 4.90 Å². The molecule has 28 heavy (non-hydrogen) atoms. The van der Waals surface area contributed by atoms with Gasteiger partial charge in [0.2, 0.25) is 0 Å². The summed E-state index contributed by atoms with van der Waals surface area (Å²) in [7, 11) is 0. The van der Waals surface area contributed by atoms with Crippen LogP contribution < -0.4 is 11.5 Å². The van der Waals surface area contributed by atoms with E-state index < -0.39 is 6.09 Å². The smallest absolute Gasteiger partial charge is 0.408 e. The Morgan fingerprint density at radius 1 is 1.29 bits per heavy atom. The zero-order valence-corrected chi connectivity index (χ0v) is 17.7. The van der Waals surface area contributed by atoms with Crippen LogP contribution in [0.5, 0.6) is 0 Å². The highest BCUT2D eigenvalue weighted by molar-refractivity contribution is 5.87. The van der Waals surface area contributed by atoms with Gasteiger partial charge in [-0.2, -0.15) is 0 Å². The van der Waals surface area contributed by atoms with Crippen molar-refractivity contribution in [1.29, 1.82) is 0 Å². The zero-order valence-electron chi connectivity index (χ0n) is 17.7. The molecular formula is C21H35N5O2. The number of rotatable bonds is 2. The number of imidazole rings is 1. The number of aromatic nitrogens is 2. The van der Waals surface area contributed by atoms with Crippen LogP contribution in [0, 0.1) is 0 Å². The molecule has 2 aromatic rings. The first-order chi connectivity index (χ1) is 13.0. The summed E-state index contributed by atoms with van der Waals surface area (Å²) in [6.45, 7) is 10.0. The highest BCUT2D eigenvalue weighted by Gasteiger charge is 2.37. The Morgan fingerprint density at radius 3 is 2.46 bits per heavy atom. The van der Waals surface area contributed by atoms with Crippen molar-refractivity contribution in [3.63, 3.8) is 0 Å². The van der Waals surface area contributed by atoms with Crippen molar-refractivity contribution in [2.75, 3.05) is 5.73 Å². The first kappa shape index (κ1) is 22.0. The summed E-state index contributed by atoms with van der Waals surface area (Å²) in [6.07, 6.45) is 5.01. The van der Waals surface area contributed by atoms with E-state index in [-0.39, 0.29) is 17.6 Å². The fourth-order valence-corrected chi connectivity index (χ4v) is 3.88. The van der Waals surface area contributed by atoms with Crippen molar-refractivity contribution in [2.45, 2.75) is 84.0 Å². The lowest BCUT2D eigenvalue weighted by Gasteiger charge is -2.44. The van der Waals surface area contributed by atoms with Crippen molar-refractivity contribution in [3.8, 4) is 0 Å². The number of amides is 1. The molecule has 0 unspecified atom stereocenters. The molecule has 0 aliphatic heterocycles. The molecule has 7 nitrogen and oxygen atoms in total. The van der Waals surface area contributed by atoms with Gasteiger partial charge in [0.1, 0.15) is 5.52 Å². The monoisotopic (exact) mass is 389 g/mol. The molecule has 1 aromatic carbocycles. The summed E-state index contributed by atoms with van der Waals surface area (Å²) in [6, 6.07) is 6.27. The van der Waals surface area contributed by atoms with Crippen molar-refractivity contribution in [3.05, 3.63) is 24.5 Å². The number of para-hydroxylation sites is 1. The molecule has 5 N–H and O–H groups in total. The largest absolute Gasteiger partial charge is 0.465 e. The highest BCUT2D eigenvalue weighted by Crippen LogP contribution is 2.27. The van der Waals surface area contributed by atoms with E-state index in [0.717, 1.165) is 42.4 Å². The molecule has 7 heteroatoms. The summed E-state index contributed by atoms with van der Waals surface area (Å²) in [5, 5.41) is 9.25. The molecule has 1 heterocycles. The van der Waals surface area contributed by atoms with Crippen LogP contribution in [0.2, 0.25) is 0 Å². The van der Waals surface area contributed by atoms with Gasteiger partial charge in [0.15, 0.2) is 0 Å². The molecule has 1 aliphatic rings. The van der Waals surface area contributed by atoms with Crippen LogP contribution in [0.4, 0.5) is 10.5 Å². The lowest BCUT2D eigenvalue weighted by molar-refractivity contribution is 0.0491. The minimum absolute atomic E-state index is 0.00549. The molecule has 0 spiro atoms. The van der Waals surface area contributed by atoms with Crippen molar-refractivity contribution in [2.24, 2.45) is 5.73 Å². The van der Waals surface area contributed by atoms with E-state index in [2.05, 4.69) is 23.4 Å². The second-order valence-corrected chi connectivity index (χ2v) is 8.80. The molecule has 1 aliphatic carbocycles. The second kappa shape index (κ2) is 8.82. The van der Waals surface area contributed by atoms with E-state index in [4.69, 9.17) is 11.5 Å². The van der Waals surface area contributed by atoms with E-state index in [0.29, 0.717) is 6.04 Å².